The van der Waals surface area contributed by atoms with E-state index in [9.17, 15) is 9.59 Å². The van der Waals surface area contributed by atoms with E-state index in [0.717, 1.165) is 12.0 Å². The van der Waals surface area contributed by atoms with Crippen molar-refractivity contribution in [2.75, 3.05) is 6.54 Å². The van der Waals surface area contributed by atoms with Gasteiger partial charge >= 0.3 is 0 Å². The number of nitrogens with zero attached hydrogens (tertiary/aromatic N) is 1. The van der Waals surface area contributed by atoms with Gasteiger partial charge in [-0.2, -0.15) is 0 Å². The van der Waals surface area contributed by atoms with Gasteiger partial charge in [0.2, 0.25) is 11.8 Å². The van der Waals surface area contributed by atoms with E-state index in [1.165, 1.54) is 0 Å². The average Bonchev–Trinajstić information content (AvgIpc) is 3.08. The number of carbonyl (C=O) groups excluding carboxylic acids is 2. The molecule has 0 bridgehead atoms. The fourth-order valence-corrected chi connectivity index (χ4v) is 3.23. The first-order chi connectivity index (χ1) is 12.3. The minimum atomic E-state index is -0.553. The quantitative estimate of drug-likeness (QED) is 0.427. The fourth-order valence-electron chi connectivity index (χ4n) is 3.23. The molecule has 1 aliphatic heterocycles. The van der Waals surface area contributed by atoms with E-state index in [-0.39, 0.29) is 17.6 Å². The molecule has 2 atom stereocenters. The molecule has 0 radical (unpaired) electrons. The molecular weight excluding hydrogens is 330 g/mol. The Bertz CT molecular complexity index is 656. The van der Waals surface area contributed by atoms with Crippen molar-refractivity contribution in [2.45, 2.75) is 51.7 Å². The Morgan fingerprint density at radius 2 is 1.96 bits per heavy atom. The van der Waals surface area contributed by atoms with Gasteiger partial charge in [0.1, 0.15) is 11.9 Å². The summed E-state index contributed by atoms with van der Waals surface area (Å²) in [5, 5.41) is 10.3. The van der Waals surface area contributed by atoms with Crippen molar-refractivity contribution in [1.29, 1.82) is 5.41 Å². The van der Waals surface area contributed by atoms with Crippen LogP contribution >= 0.6 is 0 Å². The molecule has 1 aliphatic rings. The highest BCUT2D eigenvalue weighted by atomic mass is 16.2. The van der Waals surface area contributed by atoms with Crippen molar-refractivity contribution in [3.8, 4) is 0 Å². The number of amides is 2. The zero-order valence-electron chi connectivity index (χ0n) is 15.5. The van der Waals surface area contributed by atoms with Crippen LogP contribution in [-0.2, 0) is 16.1 Å². The van der Waals surface area contributed by atoms with Gasteiger partial charge in [0.25, 0.3) is 0 Å². The van der Waals surface area contributed by atoms with Crippen LogP contribution in [0.15, 0.2) is 24.3 Å². The van der Waals surface area contributed by atoms with Crippen LogP contribution in [-0.4, -0.2) is 41.2 Å². The number of hydrogen-bond donors (Lipinski definition) is 4. The Hall–Kier alpha value is -2.41. The highest BCUT2D eigenvalue weighted by molar-refractivity contribution is 5.95. The molecule has 6 N–H and O–H groups in total. The third-order valence-electron chi connectivity index (χ3n) is 4.61. The van der Waals surface area contributed by atoms with Crippen molar-refractivity contribution in [3.63, 3.8) is 0 Å². The first-order valence-corrected chi connectivity index (χ1v) is 9.06. The standard InChI is InChI=1S/C19H29N5O2/c1-12(2)10-15(20)19(26)24-9-3-4-16(24)18(25)23-11-13-5-7-14(8-6-13)17(21)22/h5-8,12,15-16H,3-4,9-11,20H2,1-2H3,(H3,21,22)(H,23,25)/t15-,16?/m1/s1. The number of amidine groups is 1. The third-order valence-corrected chi connectivity index (χ3v) is 4.61. The number of nitrogen functional groups attached to an aromatic ring is 1. The normalized spacial score (nSPS) is 18.0. The van der Waals surface area contributed by atoms with Crippen LogP contribution in [0, 0.1) is 11.3 Å². The summed E-state index contributed by atoms with van der Waals surface area (Å²) in [7, 11) is 0. The predicted octanol–water partition coefficient (Wildman–Crippen LogP) is 0.951. The van der Waals surface area contributed by atoms with Gasteiger partial charge in [-0.3, -0.25) is 15.0 Å². The van der Waals surface area contributed by atoms with Crippen molar-refractivity contribution >= 4 is 17.6 Å². The number of rotatable bonds is 7. The van der Waals surface area contributed by atoms with Gasteiger partial charge in [-0.25, -0.2) is 0 Å². The molecule has 26 heavy (non-hydrogen) atoms. The van der Waals surface area contributed by atoms with E-state index in [1.807, 2.05) is 26.0 Å². The lowest BCUT2D eigenvalue weighted by atomic mass is 10.0. The first kappa shape index (κ1) is 19.9. The second kappa shape index (κ2) is 8.80. The minimum absolute atomic E-state index is 0.0124. The van der Waals surface area contributed by atoms with E-state index in [4.69, 9.17) is 16.9 Å². The molecule has 0 aromatic heterocycles. The molecular formula is C19H29N5O2. The number of likely N-dealkylation sites (tertiary alicyclic amines) is 1. The molecule has 7 nitrogen and oxygen atoms in total. The number of nitrogens with two attached hydrogens (primary N) is 2. The van der Waals surface area contributed by atoms with Gasteiger partial charge < -0.3 is 21.7 Å². The van der Waals surface area contributed by atoms with Crippen LogP contribution in [0.4, 0.5) is 0 Å². The van der Waals surface area contributed by atoms with Gasteiger partial charge in [0.15, 0.2) is 0 Å². The van der Waals surface area contributed by atoms with Crippen LogP contribution in [0.2, 0.25) is 0 Å². The smallest absolute Gasteiger partial charge is 0.243 e. The molecule has 1 heterocycles. The number of benzene rings is 1. The molecule has 0 saturated carbocycles. The van der Waals surface area contributed by atoms with Crippen molar-refractivity contribution < 1.29 is 9.59 Å². The van der Waals surface area contributed by atoms with Gasteiger partial charge in [0, 0.05) is 18.7 Å². The van der Waals surface area contributed by atoms with Crippen LogP contribution in [0.1, 0.15) is 44.2 Å². The first-order valence-electron chi connectivity index (χ1n) is 9.06. The van der Waals surface area contributed by atoms with Crippen molar-refractivity contribution in [3.05, 3.63) is 35.4 Å². The molecule has 2 rings (SSSR count). The molecule has 7 heteroatoms. The highest BCUT2D eigenvalue weighted by Crippen LogP contribution is 2.20. The molecule has 2 amide bonds. The number of hydrogen-bond acceptors (Lipinski definition) is 4. The third kappa shape index (κ3) is 5.05. The predicted molar refractivity (Wildman–Crippen MR) is 101 cm³/mol. The van der Waals surface area contributed by atoms with Crippen molar-refractivity contribution in [1.82, 2.24) is 10.2 Å². The monoisotopic (exact) mass is 359 g/mol. The Labute approximate surface area is 154 Å². The zero-order chi connectivity index (χ0) is 19.3. The molecule has 1 unspecified atom stereocenters. The molecule has 1 aromatic rings. The maximum absolute atomic E-state index is 12.6. The lowest BCUT2D eigenvalue weighted by Crippen LogP contribution is -2.51. The van der Waals surface area contributed by atoms with E-state index in [2.05, 4.69) is 5.32 Å². The van der Waals surface area contributed by atoms with E-state index in [0.29, 0.717) is 37.4 Å². The Balaban J connectivity index is 1.93. The van der Waals surface area contributed by atoms with Gasteiger partial charge in [-0.05, 0) is 30.7 Å². The maximum Gasteiger partial charge on any atom is 0.243 e. The second-order valence-electron chi connectivity index (χ2n) is 7.25. The number of nitrogens with one attached hydrogen (secondary N) is 2. The topological polar surface area (TPSA) is 125 Å². The number of carbonyl (C=O) groups is 2. The minimum Gasteiger partial charge on any atom is -0.384 e. The Kier molecular flexibility index (Phi) is 6.74. The molecule has 0 aliphatic carbocycles. The molecule has 1 fully saturated rings. The summed E-state index contributed by atoms with van der Waals surface area (Å²) >= 11 is 0. The summed E-state index contributed by atoms with van der Waals surface area (Å²) < 4.78 is 0. The van der Waals surface area contributed by atoms with Gasteiger partial charge in [-0.15, -0.1) is 0 Å². The van der Waals surface area contributed by atoms with E-state index < -0.39 is 12.1 Å². The summed E-state index contributed by atoms with van der Waals surface area (Å²) in [6, 6.07) is 6.15. The lowest BCUT2D eigenvalue weighted by Gasteiger charge is -2.27. The summed E-state index contributed by atoms with van der Waals surface area (Å²) in [4.78, 5) is 26.7. The Morgan fingerprint density at radius 1 is 1.31 bits per heavy atom. The average molecular weight is 359 g/mol. The summed E-state index contributed by atoms with van der Waals surface area (Å²) in [5.74, 6) is 0.0608. The van der Waals surface area contributed by atoms with Crippen LogP contribution < -0.4 is 16.8 Å². The van der Waals surface area contributed by atoms with Crippen LogP contribution in [0.3, 0.4) is 0 Å². The fraction of sp³-hybridized carbons (Fsp3) is 0.526. The molecule has 1 aromatic carbocycles. The largest absolute Gasteiger partial charge is 0.384 e. The summed E-state index contributed by atoms with van der Waals surface area (Å²) in [6.07, 6.45) is 2.09. The Morgan fingerprint density at radius 3 is 2.54 bits per heavy atom. The summed E-state index contributed by atoms with van der Waals surface area (Å²) in [5.41, 5.74) is 13.0. The second-order valence-corrected chi connectivity index (χ2v) is 7.25. The molecule has 142 valence electrons. The van der Waals surface area contributed by atoms with Gasteiger partial charge in [-0.1, -0.05) is 38.1 Å². The maximum atomic E-state index is 12.6. The zero-order valence-corrected chi connectivity index (χ0v) is 15.5. The highest BCUT2D eigenvalue weighted by Gasteiger charge is 2.36. The van der Waals surface area contributed by atoms with Crippen LogP contribution in [0.5, 0.6) is 0 Å². The van der Waals surface area contributed by atoms with Crippen LogP contribution in [0.25, 0.3) is 0 Å². The van der Waals surface area contributed by atoms with E-state index in [1.54, 1.807) is 17.0 Å². The van der Waals surface area contributed by atoms with Crippen molar-refractivity contribution in [2.24, 2.45) is 17.4 Å². The molecule has 1 saturated heterocycles. The molecule has 0 spiro atoms. The summed E-state index contributed by atoms with van der Waals surface area (Å²) in [6.45, 7) is 5.00. The van der Waals surface area contributed by atoms with Gasteiger partial charge in [0.05, 0.1) is 6.04 Å². The SMILES string of the molecule is CC(C)C[C@@H](N)C(=O)N1CCCC1C(=O)NCc1ccc(C(=N)N)cc1. The lowest BCUT2D eigenvalue weighted by molar-refractivity contribution is -0.139. The van der Waals surface area contributed by atoms with E-state index >= 15 is 0 Å².